The summed E-state index contributed by atoms with van der Waals surface area (Å²) in [5.41, 5.74) is 0. The Labute approximate surface area is 115 Å². The van der Waals surface area contributed by atoms with Crippen molar-refractivity contribution in [2.45, 2.75) is 37.0 Å². The molecule has 0 aromatic carbocycles. The summed E-state index contributed by atoms with van der Waals surface area (Å²) in [6.07, 6.45) is 6.94. The lowest BCUT2D eigenvalue weighted by atomic mass is 9.95. The number of hydrogen-bond acceptors (Lipinski definition) is 5. The summed E-state index contributed by atoms with van der Waals surface area (Å²) >= 11 is 13.4. The van der Waals surface area contributed by atoms with Crippen molar-refractivity contribution in [3.63, 3.8) is 0 Å². The van der Waals surface area contributed by atoms with E-state index in [-0.39, 0.29) is 10.6 Å². The summed E-state index contributed by atoms with van der Waals surface area (Å²) in [6, 6.07) is 0.399. The number of aromatic nitrogens is 3. The number of thioether (sulfide) groups is 1. The van der Waals surface area contributed by atoms with Crippen LogP contribution in [0.1, 0.15) is 25.7 Å². The molecule has 0 radical (unpaired) electrons. The Morgan fingerprint density at radius 1 is 1.18 bits per heavy atom. The van der Waals surface area contributed by atoms with Crippen molar-refractivity contribution in [2.75, 3.05) is 11.6 Å². The Bertz CT molecular complexity index is 370. The Kier molecular flexibility index (Phi) is 4.70. The van der Waals surface area contributed by atoms with Gasteiger partial charge in [-0.1, -0.05) is 6.42 Å². The molecule has 0 saturated heterocycles. The number of nitrogens with one attached hydrogen (secondary N) is 1. The van der Waals surface area contributed by atoms with Crippen molar-refractivity contribution in [3.8, 4) is 0 Å². The van der Waals surface area contributed by atoms with Crippen LogP contribution in [0.4, 0.5) is 5.95 Å². The molecule has 1 aromatic heterocycles. The Balaban J connectivity index is 2.00. The molecule has 1 N–H and O–H groups in total. The summed E-state index contributed by atoms with van der Waals surface area (Å²) in [6.45, 7) is 0. The third-order valence-electron chi connectivity index (χ3n) is 2.87. The molecule has 7 heteroatoms. The maximum Gasteiger partial charge on any atom is 0.228 e. The lowest BCUT2D eigenvalue weighted by molar-refractivity contribution is 0.471. The molecule has 2 rings (SSSR count). The zero-order valence-corrected chi connectivity index (χ0v) is 11.8. The second-order valence-corrected chi connectivity index (χ2v) is 5.88. The highest BCUT2D eigenvalue weighted by Gasteiger charge is 2.21. The van der Waals surface area contributed by atoms with Crippen LogP contribution >= 0.6 is 35.0 Å². The van der Waals surface area contributed by atoms with Gasteiger partial charge in [0.25, 0.3) is 0 Å². The predicted molar refractivity (Wildman–Crippen MR) is 73.0 cm³/mol. The van der Waals surface area contributed by atoms with Gasteiger partial charge in [0.05, 0.1) is 0 Å². The van der Waals surface area contributed by atoms with Gasteiger partial charge in [0.1, 0.15) is 0 Å². The van der Waals surface area contributed by atoms with E-state index in [2.05, 4.69) is 26.5 Å². The minimum Gasteiger partial charge on any atom is -0.351 e. The fourth-order valence-corrected chi connectivity index (χ4v) is 3.25. The summed E-state index contributed by atoms with van der Waals surface area (Å²) in [4.78, 5) is 11.8. The molecule has 2 atom stereocenters. The molecule has 0 amide bonds. The van der Waals surface area contributed by atoms with Crippen molar-refractivity contribution in [1.29, 1.82) is 0 Å². The van der Waals surface area contributed by atoms with E-state index in [1.54, 1.807) is 0 Å². The van der Waals surface area contributed by atoms with E-state index in [0.717, 1.165) is 12.8 Å². The summed E-state index contributed by atoms with van der Waals surface area (Å²) in [5, 5.41) is 4.26. The summed E-state index contributed by atoms with van der Waals surface area (Å²) in [5.74, 6) is 0.474. The Morgan fingerprint density at radius 3 is 2.53 bits per heavy atom. The van der Waals surface area contributed by atoms with Crippen molar-refractivity contribution in [2.24, 2.45) is 0 Å². The van der Waals surface area contributed by atoms with E-state index in [1.807, 2.05) is 11.8 Å². The molecular weight excluding hydrogens is 279 g/mol. The molecule has 1 aliphatic rings. The van der Waals surface area contributed by atoms with Crippen molar-refractivity contribution < 1.29 is 0 Å². The molecule has 2 unspecified atom stereocenters. The second kappa shape index (κ2) is 6.07. The molecule has 0 aliphatic heterocycles. The van der Waals surface area contributed by atoms with Crippen LogP contribution in [0.15, 0.2) is 0 Å². The van der Waals surface area contributed by atoms with E-state index in [4.69, 9.17) is 23.2 Å². The van der Waals surface area contributed by atoms with E-state index >= 15 is 0 Å². The Hall–Kier alpha value is -0.260. The fourth-order valence-electron chi connectivity index (χ4n) is 2.06. The maximum absolute atomic E-state index is 5.73. The predicted octanol–water partition coefficient (Wildman–Crippen LogP) is 3.26. The van der Waals surface area contributed by atoms with Crippen molar-refractivity contribution in [3.05, 3.63) is 10.6 Å². The third-order valence-corrected chi connectivity index (χ3v) is 4.31. The smallest absolute Gasteiger partial charge is 0.228 e. The van der Waals surface area contributed by atoms with Gasteiger partial charge >= 0.3 is 0 Å². The molecule has 1 fully saturated rings. The molecule has 0 bridgehead atoms. The van der Waals surface area contributed by atoms with Crippen LogP contribution in [-0.4, -0.2) is 32.5 Å². The first-order chi connectivity index (χ1) is 8.17. The zero-order valence-electron chi connectivity index (χ0n) is 9.49. The standard InChI is InChI=1S/C10H14Cl2N4S/c1-17-7-4-2-3-6(5-7)13-10-15-8(11)14-9(12)16-10/h6-7H,2-5H2,1H3,(H,13,14,15,16). The number of nitrogens with zero attached hydrogens (tertiary/aromatic N) is 3. The molecule has 0 spiro atoms. The SMILES string of the molecule is CSC1CCCC(Nc2nc(Cl)nc(Cl)n2)C1. The highest BCUT2D eigenvalue weighted by atomic mass is 35.5. The van der Waals surface area contributed by atoms with Gasteiger partial charge in [-0.05, 0) is 48.7 Å². The van der Waals surface area contributed by atoms with Gasteiger partial charge in [-0.15, -0.1) is 0 Å². The highest BCUT2D eigenvalue weighted by Crippen LogP contribution is 2.28. The first kappa shape index (κ1) is 13.2. The van der Waals surface area contributed by atoms with Gasteiger partial charge < -0.3 is 5.32 Å². The number of hydrogen-bond donors (Lipinski definition) is 1. The molecular formula is C10H14Cl2N4S. The van der Waals surface area contributed by atoms with Gasteiger partial charge in [0, 0.05) is 11.3 Å². The van der Waals surface area contributed by atoms with Crippen LogP contribution in [0.2, 0.25) is 10.6 Å². The number of halogens is 2. The average molecular weight is 293 g/mol. The molecule has 1 aromatic rings. The topological polar surface area (TPSA) is 50.7 Å². The Morgan fingerprint density at radius 2 is 1.88 bits per heavy atom. The molecule has 17 heavy (non-hydrogen) atoms. The van der Waals surface area contributed by atoms with Crippen molar-refractivity contribution in [1.82, 2.24) is 15.0 Å². The number of rotatable bonds is 3. The minimum atomic E-state index is 0.129. The van der Waals surface area contributed by atoms with Crippen LogP contribution in [-0.2, 0) is 0 Å². The van der Waals surface area contributed by atoms with Crippen LogP contribution in [0.25, 0.3) is 0 Å². The quantitative estimate of drug-likeness (QED) is 0.927. The zero-order chi connectivity index (χ0) is 12.3. The molecule has 4 nitrogen and oxygen atoms in total. The third kappa shape index (κ3) is 3.86. The van der Waals surface area contributed by atoms with Crippen LogP contribution in [0.3, 0.4) is 0 Å². The van der Waals surface area contributed by atoms with E-state index in [0.29, 0.717) is 17.2 Å². The highest BCUT2D eigenvalue weighted by molar-refractivity contribution is 7.99. The molecule has 1 saturated carbocycles. The summed E-state index contributed by atoms with van der Waals surface area (Å²) in [7, 11) is 0. The first-order valence-electron chi connectivity index (χ1n) is 5.54. The van der Waals surface area contributed by atoms with Gasteiger partial charge in [-0.25, -0.2) is 0 Å². The van der Waals surface area contributed by atoms with Gasteiger partial charge in [0.2, 0.25) is 16.5 Å². The second-order valence-electron chi connectivity index (χ2n) is 4.06. The summed E-state index contributed by atoms with van der Waals surface area (Å²) < 4.78 is 0. The van der Waals surface area contributed by atoms with E-state index in [9.17, 15) is 0 Å². The molecule has 1 heterocycles. The lowest BCUT2D eigenvalue weighted by Gasteiger charge is -2.28. The lowest BCUT2D eigenvalue weighted by Crippen LogP contribution is -2.29. The normalized spacial score (nSPS) is 24.6. The van der Waals surface area contributed by atoms with E-state index in [1.165, 1.54) is 12.8 Å². The van der Waals surface area contributed by atoms with Crippen LogP contribution < -0.4 is 5.32 Å². The maximum atomic E-state index is 5.73. The van der Waals surface area contributed by atoms with Crippen LogP contribution in [0.5, 0.6) is 0 Å². The van der Waals surface area contributed by atoms with Gasteiger partial charge in [0.15, 0.2) is 0 Å². The first-order valence-corrected chi connectivity index (χ1v) is 7.58. The van der Waals surface area contributed by atoms with Crippen LogP contribution in [0, 0.1) is 0 Å². The minimum absolute atomic E-state index is 0.129. The largest absolute Gasteiger partial charge is 0.351 e. The van der Waals surface area contributed by atoms with Gasteiger partial charge in [-0.2, -0.15) is 26.7 Å². The number of anilines is 1. The molecule has 94 valence electrons. The average Bonchev–Trinajstić information content (AvgIpc) is 2.28. The monoisotopic (exact) mass is 292 g/mol. The van der Waals surface area contributed by atoms with E-state index < -0.39 is 0 Å². The fraction of sp³-hybridized carbons (Fsp3) is 0.700. The van der Waals surface area contributed by atoms with Gasteiger partial charge in [-0.3, -0.25) is 0 Å². The molecule has 1 aliphatic carbocycles. The van der Waals surface area contributed by atoms with Crippen molar-refractivity contribution >= 4 is 40.9 Å².